The van der Waals surface area contributed by atoms with E-state index >= 15 is 0 Å². The van der Waals surface area contributed by atoms with Crippen LogP contribution in [-0.4, -0.2) is 21.2 Å². The van der Waals surface area contributed by atoms with Gasteiger partial charge < -0.3 is 5.32 Å². The van der Waals surface area contributed by atoms with E-state index in [1.807, 2.05) is 6.07 Å². The molecular formula is C19H16N4O2S3. The first kappa shape index (κ1) is 18.9. The lowest BCUT2D eigenvalue weighted by molar-refractivity contribution is -0.113. The Hall–Kier alpha value is -2.41. The van der Waals surface area contributed by atoms with Gasteiger partial charge in [-0.15, -0.1) is 29.3 Å². The summed E-state index contributed by atoms with van der Waals surface area (Å²) in [6, 6.07) is 3.72. The molecule has 9 heteroatoms. The number of aryl methyl sites for hydroxylation is 2. The molecule has 4 rings (SSSR count). The van der Waals surface area contributed by atoms with Gasteiger partial charge in [0, 0.05) is 11.4 Å². The summed E-state index contributed by atoms with van der Waals surface area (Å²) in [5.74, 6) is -0.139. The van der Waals surface area contributed by atoms with E-state index in [1.165, 1.54) is 28.0 Å². The molecule has 0 aliphatic heterocycles. The Morgan fingerprint density at radius 3 is 3.14 bits per heavy atom. The van der Waals surface area contributed by atoms with Gasteiger partial charge in [-0.25, -0.2) is 4.98 Å². The molecule has 1 amide bonds. The van der Waals surface area contributed by atoms with E-state index in [0.717, 1.165) is 35.0 Å². The van der Waals surface area contributed by atoms with Gasteiger partial charge in [-0.05, 0) is 36.3 Å². The minimum atomic E-state index is -0.239. The zero-order valence-electron chi connectivity index (χ0n) is 14.9. The number of hydrogen-bond acceptors (Lipinski definition) is 7. The molecule has 142 valence electrons. The van der Waals surface area contributed by atoms with Crippen LogP contribution in [0.25, 0.3) is 10.2 Å². The van der Waals surface area contributed by atoms with Gasteiger partial charge in [0.05, 0.1) is 16.7 Å². The van der Waals surface area contributed by atoms with E-state index in [4.69, 9.17) is 5.26 Å². The van der Waals surface area contributed by atoms with Crippen molar-refractivity contribution in [2.45, 2.75) is 31.0 Å². The second-order valence-electron chi connectivity index (χ2n) is 6.25. The smallest absolute Gasteiger partial charge is 0.263 e. The average Bonchev–Trinajstić information content (AvgIpc) is 3.38. The van der Waals surface area contributed by atoms with E-state index in [2.05, 4.69) is 16.9 Å². The summed E-state index contributed by atoms with van der Waals surface area (Å²) in [6.07, 6.45) is 4.68. The fourth-order valence-corrected chi connectivity index (χ4v) is 6.11. The van der Waals surface area contributed by atoms with Gasteiger partial charge in [-0.2, -0.15) is 5.26 Å². The molecule has 6 nitrogen and oxygen atoms in total. The zero-order chi connectivity index (χ0) is 19.7. The molecule has 1 aliphatic rings. The maximum atomic E-state index is 13.1. The van der Waals surface area contributed by atoms with Crippen LogP contribution in [-0.2, 0) is 24.2 Å². The Kier molecular flexibility index (Phi) is 5.35. The topological polar surface area (TPSA) is 87.8 Å². The lowest BCUT2D eigenvalue weighted by Crippen LogP contribution is -2.23. The standard InChI is InChI=1S/C19H16N4O2S3/c1-2-7-23-18(25)15-12-4-3-5-13(12)28-17(15)22-19(23)27-10-14(24)21-16-11(9-20)6-8-26-16/h2,6,8H,1,3-5,7,10H2,(H,21,24). The van der Waals surface area contributed by atoms with Gasteiger partial charge in [0.15, 0.2) is 5.16 Å². The minimum absolute atomic E-state index is 0.0581. The lowest BCUT2D eigenvalue weighted by Gasteiger charge is -2.10. The third kappa shape index (κ3) is 3.39. The first-order chi connectivity index (χ1) is 13.6. The summed E-state index contributed by atoms with van der Waals surface area (Å²) in [5, 5.41) is 15.3. The van der Waals surface area contributed by atoms with Crippen LogP contribution in [0.4, 0.5) is 5.00 Å². The summed E-state index contributed by atoms with van der Waals surface area (Å²) in [5.41, 5.74) is 1.53. The highest BCUT2D eigenvalue weighted by atomic mass is 32.2. The van der Waals surface area contributed by atoms with E-state index in [1.54, 1.807) is 33.4 Å². The number of amides is 1. The molecule has 3 aromatic heterocycles. The molecule has 0 bridgehead atoms. The summed E-state index contributed by atoms with van der Waals surface area (Å²) < 4.78 is 1.59. The van der Waals surface area contributed by atoms with Gasteiger partial charge in [-0.3, -0.25) is 14.2 Å². The monoisotopic (exact) mass is 428 g/mol. The number of aromatic nitrogens is 2. The molecule has 28 heavy (non-hydrogen) atoms. The van der Waals surface area contributed by atoms with Crippen molar-refractivity contribution in [3.8, 4) is 6.07 Å². The lowest BCUT2D eigenvalue weighted by atomic mass is 10.2. The maximum Gasteiger partial charge on any atom is 0.263 e. The quantitative estimate of drug-likeness (QED) is 0.367. The van der Waals surface area contributed by atoms with Crippen molar-refractivity contribution in [1.29, 1.82) is 5.26 Å². The van der Waals surface area contributed by atoms with Crippen LogP contribution in [0.15, 0.2) is 34.1 Å². The number of nitrogens with one attached hydrogen (secondary N) is 1. The van der Waals surface area contributed by atoms with Crippen molar-refractivity contribution in [2.75, 3.05) is 11.1 Å². The van der Waals surface area contributed by atoms with Crippen LogP contribution in [0.1, 0.15) is 22.4 Å². The first-order valence-corrected chi connectivity index (χ1v) is 11.4. The highest BCUT2D eigenvalue weighted by molar-refractivity contribution is 7.99. The van der Waals surface area contributed by atoms with Gasteiger partial charge >= 0.3 is 0 Å². The Morgan fingerprint density at radius 2 is 2.36 bits per heavy atom. The SMILES string of the molecule is C=CCn1c(SCC(=O)Nc2sccc2C#N)nc2sc3c(c2c1=O)CCC3. The number of rotatable bonds is 6. The van der Waals surface area contributed by atoms with Crippen molar-refractivity contribution >= 4 is 55.6 Å². The molecule has 1 aliphatic carbocycles. The molecule has 0 saturated carbocycles. The third-order valence-corrected chi connectivity index (χ3v) is 7.46. The summed E-state index contributed by atoms with van der Waals surface area (Å²) in [7, 11) is 0. The summed E-state index contributed by atoms with van der Waals surface area (Å²) in [4.78, 5) is 32.1. The number of allylic oxidation sites excluding steroid dienone is 1. The molecule has 0 saturated heterocycles. The van der Waals surface area contributed by atoms with E-state index in [9.17, 15) is 9.59 Å². The van der Waals surface area contributed by atoms with E-state index < -0.39 is 0 Å². The van der Waals surface area contributed by atoms with Crippen molar-refractivity contribution in [1.82, 2.24) is 9.55 Å². The number of anilines is 1. The molecule has 1 N–H and O–H groups in total. The van der Waals surface area contributed by atoms with Crippen molar-refractivity contribution in [3.05, 3.63) is 50.5 Å². The van der Waals surface area contributed by atoms with Crippen molar-refractivity contribution in [2.24, 2.45) is 0 Å². The number of fused-ring (bicyclic) bond motifs is 3. The molecule has 0 unspecified atom stereocenters. The largest absolute Gasteiger partial charge is 0.316 e. The molecular weight excluding hydrogens is 412 g/mol. The molecule has 0 fully saturated rings. The molecule has 3 aromatic rings. The molecule has 0 atom stereocenters. The minimum Gasteiger partial charge on any atom is -0.316 e. The van der Waals surface area contributed by atoms with Crippen molar-refractivity contribution in [3.63, 3.8) is 0 Å². The summed E-state index contributed by atoms with van der Waals surface area (Å²) in [6.45, 7) is 4.09. The summed E-state index contributed by atoms with van der Waals surface area (Å²) >= 11 is 4.11. The van der Waals surface area contributed by atoms with Crippen LogP contribution in [0, 0.1) is 11.3 Å². The fraction of sp³-hybridized carbons (Fsp3) is 0.263. The Labute approximate surface area is 173 Å². The highest BCUT2D eigenvalue weighted by Gasteiger charge is 2.23. The van der Waals surface area contributed by atoms with Gasteiger partial charge in [-0.1, -0.05) is 17.8 Å². The average molecular weight is 429 g/mol. The molecule has 3 heterocycles. The molecule has 0 aromatic carbocycles. The van der Waals surface area contributed by atoms with Crippen LogP contribution >= 0.6 is 34.4 Å². The van der Waals surface area contributed by atoms with Crippen LogP contribution in [0.2, 0.25) is 0 Å². The van der Waals surface area contributed by atoms with Gasteiger partial charge in [0.1, 0.15) is 15.9 Å². The number of carbonyl (C=O) groups excluding carboxylic acids is 1. The van der Waals surface area contributed by atoms with Crippen molar-refractivity contribution < 1.29 is 4.79 Å². The fourth-order valence-electron chi connectivity index (χ4n) is 3.25. The number of hydrogen-bond donors (Lipinski definition) is 1. The van der Waals surface area contributed by atoms with Gasteiger partial charge in [0.25, 0.3) is 5.56 Å². The van der Waals surface area contributed by atoms with E-state index in [0.29, 0.717) is 22.3 Å². The number of nitrogens with zero attached hydrogens (tertiary/aromatic N) is 3. The van der Waals surface area contributed by atoms with Crippen LogP contribution in [0.5, 0.6) is 0 Å². The Bertz CT molecular complexity index is 1180. The molecule has 0 spiro atoms. The number of carbonyl (C=O) groups is 1. The third-order valence-electron chi connectivity index (χ3n) is 4.47. The normalized spacial score (nSPS) is 12.7. The van der Waals surface area contributed by atoms with E-state index in [-0.39, 0.29) is 17.2 Å². The maximum absolute atomic E-state index is 13.1. The van der Waals surface area contributed by atoms with Gasteiger partial charge in [0.2, 0.25) is 5.91 Å². The predicted octanol–water partition coefficient (Wildman–Crippen LogP) is 3.80. The zero-order valence-corrected chi connectivity index (χ0v) is 17.3. The molecule has 0 radical (unpaired) electrons. The number of thioether (sulfide) groups is 1. The second-order valence-corrected chi connectivity index (χ2v) is 9.19. The van der Waals surface area contributed by atoms with Crippen LogP contribution < -0.4 is 10.9 Å². The number of nitriles is 1. The van der Waals surface area contributed by atoms with Crippen LogP contribution in [0.3, 0.4) is 0 Å². The predicted molar refractivity (Wildman–Crippen MR) is 114 cm³/mol. The first-order valence-electron chi connectivity index (χ1n) is 8.68. The Balaban J connectivity index is 1.60. The Morgan fingerprint density at radius 1 is 1.50 bits per heavy atom. The number of thiophene rings is 2. The second kappa shape index (κ2) is 7.91. The highest BCUT2D eigenvalue weighted by Crippen LogP contribution is 2.35.